The fourth-order valence-corrected chi connectivity index (χ4v) is 3.77. The van der Waals surface area contributed by atoms with Gasteiger partial charge in [0.15, 0.2) is 5.15 Å². The van der Waals surface area contributed by atoms with Crippen LogP contribution in [0, 0.1) is 17.8 Å². The minimum absolute atomic E-state index is 0.0000556. The standard InChI is InChI=1S/C17H19ClN4O3S/c1-25-7-10-6-12(14(24)13(10)23)20-16-11(15(18)21-17(19)22-16)3-2-9-4-5-26-8-9/h4-5,8,10,12-14,23-24H,6-7H2,1H3,(H3,19,20,21,22)/t10-,12-,13-,14+/m1/s1. The number of aliphatic hydroxyl groups excluding tert-OH is 2. The molecular formula is C17H19ClN4O3S. The van der Waals surface area contributed by atoms with E-state index in [1.165, 1.54) is 0 Å². The van der Waals surface area contributed by atoms with Gasteiger partial charge < -0.3 is 26.0 Å². The quantitative estimate of drug-likeness (QED) is 0.457. The van der Waals surface area contributed by atoms with Crippen LogP contribution in [0.5, 0.6) is 0 Å². The summed E-state index contributed by atoms with van der Waals surface area (Å²) in [7, 11) is 1.56. The fourth-order valence-electron chi connectivity index (χ4n) is 2.96. The van der Waals surface area contributed by atoms with Crippen molar-refractivity contribution < 1.29 is 14.9 Å². The van der Waals surface area contributed by atoms with Crippen LogP contribution >= 0.6 is 22.9 Å². The number of nitrogens with one attached hydrogen (secondary N) is 1. The van der Waals surface area contributed by atoms with Crippen molar-refractivity contribution in [2.75, 3.05) is 24.8 Å². The van der Waals surface area contributed by atoms with Crippen molar-refractivity contribution >= 4 is 34.7 Å². The number of nitrogen functional groups attached to an aromatic ring is 1. The molecule has 9 heteroatoms. The third-order valence-corrected chi connectivity index (χ3v) is 5.20. The number of nitrogens with zero attached hydrogens (tertiary/aromatic N) is 2. The summed E-state index contributed by atoms with van der Waals surface area (Å²) < 4.78 is 5.10. The van der Waals surface area contributed by atoms with Crippen LogP contribution in [0.3, 0.4) is 0 Å². The monoisotopic (exact) mass is 394 g/mol. The van der Waals surface area contributed by atoms with Gasteiger partial charge in [0.25, 0.3) is 0 Å². The van der Waals surface area contributed by atoms with Crippen molar-refractivity contribution in [1.29, 1.82) is 0 Å². The Morgan fingerprint density at radius 1 is 1.38 bits per heavy atom. The predicted octanol–water partition coefficient (Wildman–Crippen LogP) is 1.34. The summed E-state index contributed by atoms with van der Waals surface area (Å²) in [5.41, 5.74) is 6.95. The van der Waals surface area contributed by atoms with E-state index in [1.54, 1.807) is 18.4 Å². The number of aromatic nitrogens is 2. The maximum Gasteiger partial charge on any atom is 0.223 e. The molecule has 7 nitrogen and oxygen atoms in total. The molecule has 1 saturated carbocycles. The molecule has 0 unspecified atom stereocenters. The summed E-state index contributed by atoms with van der Waals surface area (Å²) in [5, 5.41) is 27.6. The van der Waals surface area contributed by atoms with Crippen molar-refractivity contribution in [3.63, 3.8) is 0 Å². The minimum Gasteiger partial charge on any atom is -0.390 e. The Hall–Kier alpha value is -1.89. The Labute approximate surface area is 160 Å². The summed E-state index contributed by atoms with van der Waals surface area (Å²) >= 11 is 7.74. The predicted molar refractivity (Wildman–Crippen MR) is 101 cm³/mol. The molecule has 1 aliphatic carbocycles. The van der Waals surface area contributed by atoms with E-state index in [9.17, 15) is 10.2 Å². The normalized spacial score (nSPS) is 24.9. The second kappa shape index (κ2) is 8.20. The van der Waals surface area contributed by atoms with Gasteiger partial charge in [-0.3, -0.25) is 0 Å². The van der Waals surface area contributed by atoms with Crippen LogP contribution in [0.2, 0.25) is 5.15 Å². The Balaban J connectivity index is 1.87. The van der Waals surface area contributed by atoms with Crippen molar-refractivity contribution in [3.05, 3.63) is 33.1 Å². The highest BCUT2D eigenvalue weighted by molar-refractivity contribution is 7.08. The number of ether oxygens (including phenoxy) is 1. The first-order valence-corrected chi connectivity index (χ1v) is 9.30. The first-order valence-electron chi connectivity index (χ1n) is 7.98. The fraction of sp³-hybridized carbons (Fsp3) is 0.412. The Morgan fingerprint density at radius 2 is 2.19 bits per heavy atom. The van der Waals surface area contributed by atoms with Gasteiger partial charge in [-0.1, -0.05) is 23.4 Å². The summed E-state index contributed by atoms with van der Waals surface area (Å²) in [5.74, 6) is 6.11. The number of methoxy groups -OCH3 is 1. The first-order chi connectivity index (χ1) is 12.5. The molecule has 2 heterocycles. The molecule has 0 spiro atoms. The largest absolute Gasteiger partial charge is 0.390 e. The molecule has 0 amide bonds. The third-order valence-electron chi connectivity index (χ3n) is 4.24. The highest BCUT2D eigenvalue weighted by Crippen LogP contribution is 2.31. The van der Waals surface area contributed by atoms with Gasteiger partial charge >= 0.3 is 0 Å². The molecule has 0 radical (unpaired) electrons. The lowest BCUT2D eigenvalue weighted by molar-refractivity contribution is -0.00195. The van der Waals surface area contributed by atoms with Crippen LogP contribution in [-0.4, -0.2) is 52.1 Å². The average molecular weight is 395 g/mol. The third kappa shape index (κ3) is 4.09. The number of thiophene rings is 1. The molecule has 0 aliphatic heterocycles. The van der Waals surface area contributed by atoms with Crippen molar-refractivity contribution in [2.45, 2.75) is 24.7 Å². The number of hydrogen-bond acceptors (Lipinski definition) is 8. The second-order valence-corrected chi connectivity index (χ2v) is 7.18. The molecular weight excluding hydrogens is 376 g/mol. The SMILES string of the molecule is COC[C@H]1C[C@@H](Nc2nc(N)nc(Cl)c2C#Cc2ccsc2)[C@H](O)[C@@H]1O. The highest BCUT2D eigenvalue weighted by Gasteiger charge is 2.41. The molecule has 3 rings (SSSR count). The van der Waals surface area contributed by atoms with Crippen molar-refractivity contribution in [3.8, 4) is 11.8 Å². The Bertz CT molecular complexity index is 821. The molecule has 138 valence electrons. The van der Waals surface area contributed by atoms with Gasteiger partial charge in [-0.2, -0.15) is 21.3 Å². The second-order valence-electron chi connectivity index (χ2n) is 6.04. The number of anilines is 2. The Morgan fingerprint density at radius 3 is 2.88 bits per heavy atom. The maximum absolute atomic E-state index is 10.3. The maximum atomic E-state index is 10.3. The minimum atomic E-state index is -0.970. The zero-order valence-electron chi connectivity index (χ0n) is 14.0. The van der Waals surface area contributed by atoms with Gasteiger partial charge in [0, 0.05) is 24.0 Å². The summed E-state index contributed by atoms with van der Waals surface area (Å²) in [6, 6.07) is 1.46. The molecule has 0 bridgehead atoms. The lowest BCUT2D eigenvalue weighted by atomic mass is 10.1. The summed E-state index contributed by atoms with van der Waals surface area (Å²) in [4.78, 5) is 8.12. The van der Waals surface area contributed by atoms with Crippen LogP contribution < -0.4 is 11.1 Å². The molecule has 0 aromatic carbocycles. The smallest absolute Gasteiger partial charge is 0.223 e. The van der Waals surface area contributed by atoms with Gasteiger partial charge in [0.1, 0.15) is 17.5 Å². The first kappa shape index (κ1) is 18.9. The molecule has 0 saturated heterocycles. The number of hydrogen-bond donors (Lipinski definition) is 4. The van der Waals surface area contributed by atoms with E-state index in [2.05, 4.69) is 27.1 Å². The van der Waals surface area contributed by atoms with Crippen LogP contribution in [0.4, 0.5) is 11.8 Å². The number of aliphatic hydroxyl groups is 2. The summed E-state index contributed by atoms with van der Waals surface area (Å²) in [6.45, 7) is 0.355. The number of rotatable bonds is 4. The molecule has 2 aromatic rings. The van der Waals surface area contributed by atoms with Crippen LogP contribution in [0.25, 0.3) is 0 Å². The Kier molecular flexibility index (Phi) is 5.96. The van der Waals surface area contributed by atoms with Crippen LogP contribution in [0.1, 0.15) is 17.5 Å². The van der Waals surface area contributed by atoms with E-state index in [-0.39, 0.29) is 17.0 Å². The van der Waals surface area contributed by atoms with Crippen LogP contribution in [0.15, 0.2) is 16.8 Å². The van der Waals surface area contributed by atoms with E-state index < -0.39 is 18.2 Å². The number of halogens is 1. The zero-order valence-corrected chi connectivity index (χ0v) is 15.6. The van der Waals surface area contributed by atoms with Crippen LogP contribution in [-0.2, 0) is 4.74 Å². The van der Waals surface area contributed by atoms with E-state index >= 15 is 0 Å². The van der Waals surface area contributed by atoms with Gasteiger partial charge in [-0.05, 0) is 17.9 Å². The van der Waals surface area contributed by atoms with Crippen molar-refractivity contribution in [1.82, 2.24) is 9.97 Å². The van der Waals surface area contributed by atoms with Gasteiger partial charge in [-0.15, -0.1) is 0 Å². The van der Waals surface area contributed by atoms with Crippen molar-refractivity contribution in [2.24, 2.45) is 5.92 Å². The van der Waals surface area contributed by atoms with Gasteiger partial charge in [0.05, 0.1) is 18.8 Å². The lowest BCUT2D eigenvalue weighted by Crippen LogP contribution is -2.36. The van der Waals surface area contributed by atoms with Gasteiger partial charge in [0.2, 0.25) is 5.95 Å². The van der Waals surface area contributed by atoms with E-state index in [0.29, 0.717) is 24.4 Å². The molecule has 1 aliphatic rings. The summed E-state index contributed by atoms with van der Waals surface area (Å²) in [6.07, 6.45) is -1.35. The molecule has 2 aromatic heterocycles. The lowest BCUT2D eigenvalue weighted by Gasteiger charge is -2.19. The molecule has 26 heavy (non-hydrogen) atoms. The van der Waals surface area contributed by atoms with E-state index in [1.807, 2.05) is 16.8 Å². The molecule has 5 N–H and O–H groups in total. The number of nitrogens with two attached hydrogens (primary N) is 1. The molecule has 1 fully saturated rings. The molecule has 4 atom stereocenters. The highest BCUT2D eigenvalue weighted by atomic mass is 35.5. The van der Waals surface area contributed by atoms with E-state index in [4.69, 9.17) is 22.1 Å². The van der Waals surface area contributed by atoms with E-state index in [0.717, 1.165) is 5.56 Å². The zero-order chi connectivity index (χ0) is 18.7. The topological polar surface area (TPSA) is 114 Å². The van der Waals surface area contributed by atoms with Gasteiger partial charge in [-0.25, -0.2) is 0 Å². The average Bonchev–Trinajstić information content (AvgIpc) is 3.19.